The average Bonchev–Trinajstić information content (AvgIpc) is 3.17. The molecular weight excluding hydrogens is 394 g/mol. The second-order valence-electron chi connectivity index (χ2n) is 7.83. The standard InChI is InChI=1S/C28H19N3O/c32-28-22-14-8-7-13-21(22)27-25(28)20(15-16-29-27)23-17-24(18-9-3-1-4-10-18)30-31-26(23)19-11-5-2-6-12-19/h1-17,28,32H. The molecule has 0 aliphatic heterocycles. The number of pyridine rings is 1. The molecule has 2 heterocycles. The number of nitrogens with zero attached hydrogens (tertiary/aromatic N) is 3. The normalized spacial score (nSPS) is 14.1. The first-order chi connectivity index (χ1) is 15.8. The quantitative estimate of drug-likeness (QED) is 0.398. The lowest BCUT2D eigenvalue weighted by Crippen LogP contribution is -2.01. The molecule has 4 heteroatoms. The Morgan fingerprint density at radius 3 is 2.06 bits per heavy atom. The van der Waals surface area contributed by atoms with Crippen molar-refractivity contribution in [1.29, 1.82) is 0 Å². The Bertz CT molecular complexity index is 1430. The van der Waals surface area contributed by atoms with Crippen LogP contribution in [0.3, 0.4) is 0 Å². The Morgan fingerprint density at radius 2 is 1.28 bits per heavy atom. The predicted octanol–water partition coefficient (Wildman–Crippen LogP) is 5.93. The smallest absolute Gasteiger partial charge is 0.107 e. The molecule has 152 valence electrons. The third-order valence-electron chi connectivity index (χ3n) is 5.97. The van der Waals surface area contributed by atoms with Crippen molar-refractivity contribution in [3.8, 4) is 44.9 Å². The number of fused-ring (bicyclic) bond motifs is 3. The van der Waals surface area contributed by atoms with E-state index in [-0.39, 0.29) is 0 Å². The first-order valence-electron chi connectivity index (χ1n) is 10.6. The van der Waals surface area contributed by atoms with Crippen LogP contribution in [0.5, 0.6) is 0 Å². The van der Waals surface area contributed by atoms with Crippen LogP contribution in [0.2, 0.25) is 0 Å². The number of aliphatic hydroxyl groups is 1. The Kier molecular flexibility index (Phi) is 4.37. The largest absolute Gasteiger partial charge is 0.384 e. The maximum atomic E-state index is 11.2. The number of benzene rings is 3. The zero-order valence-electron chi connectivity index (χ0n) is 17.2. The minimum atomic E-state index is -0.734. The highest BCUT2D eigenvalue weighted by molar-refractivity contribution is 5.89. The minimum absolute atomic E-state index is 0.734. The summed E-state index contributed by atoms with van der Waals surface area (Å²) >= 11 is 0. The van der Waals surface area contributed by atoms with Crippen molar-refractivity contribution < 1.29 is 5.11 Å². The molecule has 6 rings (SSSR count). The lowest BCUT2D eigenvalue weighted by molar-refractivity contribution is 0.225. The molecule has 0 saturated carbocycles. The van der Waals surface area contributed by atoms with Crippen molar-refractivity contribution in [3.63, 3.8) is 0 Å². The van der Waals surface area contributed by atoms with Crippen molar-refractivity contribution in [1.82, 2.24) is 15.2 Å². The summed E-state index contributed by atoms with van der Waals surface area (Å²) in [5.74, 6) is 0. The van der Waals surface area contributed by atoms with Gasteiger partial charge in [0, 0.05) is 34.0 Å². The molecule has 1 atom stereocenters. The Hall–Kier alpha value is -4.15. The highest BCUT2D eigenvalue weighted by atomic mass is 16.3. The molecule has 32 heavy (non-hydrogen) atoms. The maximum Gasteiger partial charge on any atom is 0.107 e. The predicted molar refractivity (Wildman–Crippen MR) is 126 cm³/mol. The molecule has 0 spiro atoms. The van der Waals surface area contributed by atoms with Crippen LogP contribution in [-0.4, -0.2) is 20.3 Å². The highest BCUT2D eigenvalue weighted by Gasteiger charge is 2.31. The van der Waals surface area contributed by atoms with Crippen molar-refractivity contribution in [2.75, 3.05) is 0 Å². The van der Waals surface area contributed by atoms with E-state index in [1.54, 1.807) is 6.20 Å². The van der Waals surface area contributed by atoms with Crippen LogP contribution >= 0.6 is 0 Å². The average molecular weight is 413 g/mol. The number of aliphatic hydroxyl groups excluding tert-OH is 1. The topological polar surface area (TPSA) is 58.9 Å². The SMILES string of the molecule is OC1c2ccccc2-c2nccc(-c3cc(-c4ccccc4)nnc3-c3ccccc3)c21. The highest BCUT2D eigenvalue weighted by Crippen LogP contribution is 2.47. The van der Waals surface area contributed by atoms with Crippen molar-refractivity contribution >= 4 is 0 Å². The van der Waals surface area contributed by atoms with Gasteiger partial charge in [-0.3, -0.25) is 4.98 Å². The molecular formula is C28H19N3O. The third-order valence-corrected chi connectivity index (χ3v) is 5.97. The van der Waals surface area contributed by atoms with E-state index in [0.29, 0.717) is 0 Å². The number of rotatable bonds is 3. The summed E-state index contributed by atoms with van der Waals surface area (Å²) in [5.41, 5.74) is 8.89. The second-order valence-corrected chi connectivity index (χ2v) is 7.83. The molecule has 4 nitrogen and oxygen atoms in total. The lowest BCUT2D eigenvalue weighted by atomic mass is 9.93. The fourth-order valence-electron chi connectivity index (χ4n) is 4.46. The molecule has 5 aromatic rings. The van der Waals surface area contributed by atoms with E-state index >= 15 is 0 Å². The summed E-state index contributed by atoms with van der Waals surface area (Å²) in [7, 11) is 0. The lowest BCUT2D eigenvalue weighted by Gasteiger charge is -2.16. The monoisotopic (exact) mass is 413 g/mol. The molecule has 1 N–H and O–H groups in total. The van der Waals surface area contributed by atoms with Gasteiger partial charge in [0.2, 0.25) is 0 Å². The van der Waals surface area contributed by atoms with Crippen LogP contribution in [-0.2, 0) is 0 Å². The molecule has 0 radical (unpaired) electrons. The first-order valence-corrected chi connectivity index (χ1v) is 10.6. The zero-order chi connectivity index (χ0) is 21.5. The summed E-state index contributed by atoms with van der Waals surface area (Å²) in [6.45, 7) is 0. The molecule has 2 aromatic heterocycles. The van der Waals surface area contributed by atoms with Gasteiger partial charge in [-0.05, 0) is 23.3 Å². The summed E-state index contributed by atoms with van der Waals surface area (Å²) < 4.78 is 0. The van der Waals surface area contributed by atoms with Gasteiger partial charge in [-0.1, -0.05) is 84.9 Å². The van der Waals surface area contributed by atoms with E-state index in [1.165, 1.54) is 0 Å². The molecule has 0 amide bonds. The molecule has 0 bridgehead atoms. The van der Waals surface area contributed by atoms with Crippen molar-refractivity contribution in [2.45, 2.75) is 6.10 Å². The van der Waals surface area contributed by atoms with Gasteiger partial charge in [-0.25, -0.2) is 0 Å². The van der Waals surface area contributed by atoms with Crippen LogP contribution in [0.4, 0.5) is 0 Å². The summed E-state index contributed by atoms with van der Waals surface area (Å²) in [6.07, 6.45) is 1.07. The second kappa shape index (κ2) is 7.52. The van der Waals surface area contributed by atoms with E-state index in [2.05, 4.69) is 21.2 Å². The van der Waals surface area contributed by atoms with Crippen LogP contribution in [0.1, 0.15) is 17.2 Å². The van der Waals surface area contributed by atoms with Gasteiger partial charge in [-0.15, -0.1) is 10.2 Å². The van der Waals surface area contributed by atoms with Crippen molar-refractivity contribution in [3.05, 3.63) is 114 Å². The number of hydrogen-bond acceptors (Lipinski definition) is 4. The Balaban J connectivity index is 1.62. The minimum Gasteiger partial charge on any atom is -0.384 e. The van der Waals surface area contributed by atoms with Crippen LogP contribution < -0.4 is 0 Å². The Labute approximate surface area is 185 Å². The van der Waals surface area contributed by atoms with Gasteiger partial charge in [-0.2, -0.15) is 0 Å². The molecule has 1 unspecified atom stereocenters. The van der Waals surface area contributed by atoms with E-state index in [9.17, 15) is 5.11 Å². The van der Waals surface area contributed by atoms with E-state index in [4.69, 9.17) is 0 Å². The van der Waals surface area contributed by atoms with Crippen LogP contribution in [0.15, 0.2) is 103 Å². The van der Waals surface area contributed by atoms with Gasteiger partial charge in [0.15, 0.2) is 0 Å². The van der Waals surface area contributed by atoms with E-state index in [0.717, 1.165) is 56.0 Å². The summed E-state index contributed by atoms with van der Waals surface area (Å²) in [6, 6.07) is 32.0. The first kappa shape index (κ1) is 18.6. The third kappa shape index (κ3) is 2.93. The van der Waals surface area contributed by atoms with Crippen LogP contribution in [0, 0.1) is 0 Å². The number of hydrogen-bond donors (Lipinski definition) is 1. The molecule has 0 fully saturated rings. The molecule has 1 aliphatic carbocycles. The van der Waals surface area contributed by atoms with Gasteiger partial charge in [0.25, 0.3) is 0 Å². The van der Waals surface area contributed by atoms with Gasteiger partial charge in [0.05, 0.1) is 11.4 Å². The van der Waals surface area contributed by atoms with Gasteiger partial charge in [0.1, 0.15) is 11.8 Å². The van der Waals surface area contributed by atoms with Crippen molar-refractivity contribution in [2.24, 2.45) is 0 Å². The Morgan fingerprint density at radius 1 is 0.594 bits per heavy atom. The summed E-state index contributed by atoms with van der Waals surface area (Å²) in [5, 5.41) is 20.4. The molecule has 1 aliphatic rings. The fourth-order valence-corrected chi connectivity index (χ4v) is 4.46. The van der Waals surface area contributed by atoms with Gasteiger partial charge < -0.3 is 5.11 Å². The van der Waals surface area contributed by atoms with E-state index < -0.39 is 6.10 Å². The molecule has 0 saturated heterocycles. The number of aromatic nitrogens is 3. The zero-order valence-corrected chi connectivity index (χ0v) is 17.2. The molecule has 3 aromatic carbocycles. The summed E-state index contributed by atoms with van der Waals surface area (Å²) in [4.78, 5) is 4.62. The maximum absolute atomic E-state index is 11.2. The van der Waals surface area contributed by atoms with Gasteiger partial charge >= 0.3 is 0 Å². The fraction of sp³-hybridized carbons (Fsp3) is 0.0357. The van der Waals surface area contributed by atoms with E-state index in [1.807, 2.05) is 91.0 Å². The van der Waals surface area contributed by atoms with Crippen LogP contribution in [0.25, 0.3) is 44.9 Å².